The lowest BCUT2D eigenvalue weighted by atomic mass is 10.2. The van der Waals surface area contributed by atoms with E-state index in [0.717, 1.165) is 11.6 Å². The third-order valence-corrected chi connectivity index (χ3v) is 4.56. The van der Waals surface area contributed by atoms with Crippen LogP contribution in [-0.2, 0) is 16.4 Å². The fourth-order valence-electron chi connectivity index (χ4n) is 1.79. The van der Waals surface area contributed by atoms with Crippen molar-refractivity contribution in [3.8, 4) is 0 Å². The van der Waals surface area contributed by atoms with Crippen LogP contribution < -0.4 is 10.5 Å². The Bertz CT molecular complexity index is 710. The molecule has 21 heavy (non-hydrogen) atoms. The van der Waals surface area contributed by atoms with E-state index in [0.29, 0.717) is 6.42 Å². The molecule has 0 spiro atoms. The quantitative estimate of drug-likeness (QED) is 0.822. The van der Waals surface area contributed by atoms with Crippen LogP contribution in [0.2, 0.25) is 0 Å². The van der Waals surface area contributed by atoms with Gasteiger partial charge in [0.25, 0.3) is 0 Å². The molecular weight excluding hydrogens is 293 g/mol. The van der Waals surface area contributed by atoms with Gasteiger partial charge in [-0.05, 0) is 43.2 Å². The van der Waals surface area contributed by atoms with Crippen molar-refractivity contribution < 1.29 is 12.8 Å². The summed E-state index contributed by atoms with van der Waals surface area (Å²) in [6, 6.07) is 5.84. The molecule has 2 aromatic rings. The van der Waals surface area contributed by atoms with Crippen LogP contribution in [0, 0.1) is 12.7 Å². The molecule has 1 heterocycles. The number of nitrogens with one attached hydrogen (secondary N) is 1. The minimum atomic E-state index is -3.78. The highest BCUT2D eigenvalue weighted by Gasteiger charge is 2.16. The first kappa shape index (κ1) is 15.4. The molecule has 0 radical (unpaired) electrons. The van der Waals surface area contributed by atoms with Crippen molar-refractivity contribution in [2.45, 2.75) is 18.2 Å². The average Bonchev–Trinajstić information content (AvgIpc) is 2.45. The largest absolute Gasteiger partial charge is 0.398 e. The van der Waals surface area contributed by atoms with Crippen LogP contribution >= 0.6 is 0 Å². The molecule has 0 aliphatic heterocycles. The minimum absolute atomic E-state index is 0.115. The highest BCUT2D eigenvalue weighted by molar-refractivity contribution is 7.89. The zero-order chi connectivity index (χ0) is 15.5. The molecule has 0 amide bonds. The highest BCUT2D eigenvalue weighted by Crippen LogP contribution is 2.20. The standard InChI is InChI=1S/C14H16FN3O2S/c1-10-13(15)8-12(9-14(10)16)21(19,20)18-7-4-11-2-5-17-6-3-11/h2-3,5-6,8-9,18H,4,7,16H2,1H3. The fourth-order valence-corrected chi connectivity index (χ4v) is 2.87. The molecule has 0 atom stereocenters. The van der Waals surface area contributed by atoms with Gasteiger partial charge < -0.3 is 5.73 Å². The van der Waals surface area contributed by atoms with Crippen molar-refractivity contribution in [1.29, 1.82) is 0 Å². The van der Waals surface area contributed by atoms with Gasteiger partial charge in [0.2, 0.25) is 10.0 Å². The summed E-state index contributed by atoms with van der Waals surface area (Å²) in [5, 5.41) is 0. The van der Waals surface area contributed by atoms with Gasteiger partial charge >= 0.3 is 0 Å². The first-order valence-electron chi connectivity index (χ1n) is 6.34. The van der Waals surface area contributed by atoms with E-state index in [4.69, 9.17) is 5.73 Å². The Labute approximate surface area is 123 Å². The number of aromatic nitrogens is 1. The van der Waals surface area contributed by atoms with Crippen LogP contribution in [0.4, 0.5) is 10.1 Å². The van der Waals surface area contributed by atoms with Gasteiger partial charge in [-0.15, -0.1) is 0 Å². The van der Waals surface area contributed by atoms with Gasteiger partial charge in [0, 0.05) is 30.2 Å². The van der Waals surface area contributed by atoms with Crippen molar-refractivity contribution in [3.63, 3.8) is 0 Å². The van der Waals surface area contributed by atoms with Crippen molar-refractivity contribution in [2.75, 3.05) is 12.3 Å². The molecule has 3 N–H and O–H groups in total. The van der Waals surface area contributed by atoms with Crippen LogP contribution in [0.15, 0.2) is 41.6 Å². The van der Waals surface area contributed by atoms with Crippen LogP contribution in [0.5, 0.6) is 0 Å². The maximum Gasteiger partial charge on any atom is 0.240 e. The third-order valence-electron chi connectivity index (χ3n) is 3.12. The van der Waals surface area contributed by atoms with Crippen LogP contribution in [0.1, 0.15) is 11.1 Å². The first-order chi connectivity index (χ1) is 9.90. The molecule has 1 aromatic heterocycles. The summed E-state index contributed by atoms with van der Waals surface area (Å²) >= 11 is 0. The number of benzene rings is 1. The number of anilines is 1. The van der Waals surface area contributed by atoms with E-state index in [1.807, 2.05) is 0 Å². The average molecular weight is 309 g/mol. The summed E-state index contributed by atoms with van der Waals surface area (Å²) in [6.45, 7) is 1.71. The third kappa shape index (κ3) is 3.77. The van der Waals surface area contributed by atoms with E-state index in [1.165, 1.54) is 13.0 Å². The molecule has 7 heteroatoms. The van der Waals surface area contributed by atoms with Gasteiger partial charge in [0.1, 0.15) is 5.82 Å². The number of nitrogens with zero attached hydrogens (tertiary/aromatic N) is 1. The number of nitrogen functional groups attached to an aromatic ring is 1. The molecule has 0 saturated carbocycles. The molecule has 0 aliphatic carbocycles. The number of nitrogens with two attached hydrogens (primary N) is 1. The smallest absolute Gasteiger partial charge is 0.240 e. The summed E-state index contributed by atoms with van der Waals surface area (Å²) in [5.74, 6) is -0.635. The molecule has 5 nitrogen and oxygen atoms in total. The highest BCUT2D eigenvalue weighted by atomic mass is 32.2. The molecule has 2 rings (SSSR count). The van der Waals surface area contributed by atoms with Crippen LogP contribution in [-0.4, -0.2) is 19.9 Å². The van der Waals surface area contributed by atoms with Crippen molar-refractivity contribution >= 4 is 15.7 Å². The lowest BCUT2D eigenvalue weighted by molar-refractivity contribution is 0.577. The van der Waals surface area contributed by atoms with E-state index in [1.54, 1.807) is 24.5 Å². The molecule has 0 fully saturated rings. The summed E-state index contributed by atoms with van der Waals surface area (Å²) < 4.78 is 40.2. The normalized spacial score (nSPS) is 11.5. The number of pyridine rings is 1. The molecule has 0 unspecified atom stereocenters. The van der Waals surface area contributed by atoms with Crippen molar-refractivity contribution in [1.82, 2.24) is 9.71 Å². The minimum Gasteiger partial charge on any atom is -0.398 e. The van der Waals surface area contributed by atoms with Crippen LogP contribution in [0.25, 0.3) is 0 Å². The number of hydrogen-bond donors (Lipinski definition) is 2. The Hall–Kier alpha value is -1.99. The summed E-state index contributed by atoms with van der Waals surface area (Å²) in [4.78, 5) is 3.71. The van der Waals surface area contributed by atoms with E-state index in [2.05, 4.69) is 9.71 Å². The molecule has 1 aromatic carbocycles. The Morgan fingerprint density at radius 3 is 2.57 bits per heavy atom. The second-order valence-corrected chi connectivity index (χ2v) is 6.39. The predicted octanol–water partition coefficient (Wildman–Crippen LogP) is 1.63. The van der Waals surface area contributed by atoms with E-state index < -0.39 is 15.8 Å². The maximum atomic E-state index is 13.6. The maximum absolute atomic E-state index is 13.6. The molecule has 0 aliphatic rings. The molecular formula is C14H16FN3O2S. The Morgan fingerprint density at radius 2 is 1.95 bits per heavy atom. The van der Waals surface area contributed by atoms with Gasteiger partial charge in [-0.25, -0.2) is 17.5 Å². The number of rotatable bonds is 5. The SMILES string of the molecule is Cc1c(N)cc(S(=O)(=O)NCCc2ccncc2)cc1F. The van der Waals surface area contributed by atoms with Gasteiger partial charge in [-0.3, -0.25) is 4.98 Å². The number of sulfonamides is 1. The second kappa shape index (κ2) is 6.19. The zero-order valence-electron chi connectivity index (χ0n) is 11.5. The summed E-state index contributed by atoms with van der Waals surface area (Å²) in [5.41, 5.74) is 6.92. The summed E-state index contributed by atoms with van der Waals surface area (Å²) in [7, 11) is -3.78. The summed E-state index contributed by atoms with van der Waals surface area (Å²) in [6.07, 6.45) is 3.80. The van der Waals surface area contributed by atoms with E-state index in [9.17, 15) is 12.8 Å². The van der Waals surface area contributed by atoms with Gasteiger partial charge in [-0.2, -0.15) is 0 Å². The van der Waals surface area contributed by atoms with E-state index >= 15 is 0 Å². The van der Waals surface area contributed by atoms with Crippen molar-refractivity contribution in [2.24, 2.45) is 0 Å². The van der Waals surface area contributed by atoms with Crippen LogP contribution in [0.3, 0.4) is 0 Å². The first-order valence-corrected chi connectivity index (χ1v) is 7.82. The topological polar surface area (TPSA) is 85.1 Å². The molecule has 0 saturated heterocycles. The Morgan fingerprint density at radius 1 is 1.29 bits per heavy atom. The fraction of sp³-hybridized carbons (Fsp3) is 0.214. The lowest BCUT2D eigenvalue weighted by Gasteiger charge is -2.09. The predicted molar refractivity (Wildman–Crippen MR) is 78.7 cm³/mol. The monoisotopic (exact) mass is 309 g/mol. The molecule has 112 valence electrons. The molecule has 0 bridgehead atoms. The number of hydrogen-bond acceptors (Lipinski definition) is 4. The van der Waals surface area contributed by atoms with Gasteiger partial charge in [0.15, 0.2) is 0 Å². The van der Waals surface area contributed by atoms with Crippen molar-refractivity contribution in [3.05, 3.63) is 53.6 Å². The Balaban J connectivity index is 2.09. The Kier molecular flexibility index (Phi) is 4.54. The van der Waals surface area contributed by atoms with Gasteiger partial charge in [-0.1, -0.05) is 0 Å². The lowest BCUT2D eigenvalue weighted by Crippen LogP contribution is -2.26. The second-order valence-electron chi connectivity index (χ2n) is 4.62. The van der Waals surface area contributed by atoms with Gasteiger partial charge in [0.05, 0.1) is 4.90 Å². The zero-order valence-corrected chi connectivity index (χ0v) is 12.3. The van der Waals surface area contributed by atoms with E-state index in [-0.39, 0.29) is 22.7 Å². The number of halogens is 1.